The van der Waals surface area contributed by atoms with E-state index in [1.807, 2.05) is 24.3 Å². The van der Waals surface area contributed by atoms with Gasteiger partial charge in [-0.15, -0.1) is 0 Å². The molecule has 0 heterocycles. The lowest BCUT2D eigenvalue weighted by Gasteiger charge is -2.21. The Balaban J connectivity index is 2.55. The Morgan fingerprint density at radius 3 is 2.67 bits per heavy atom. The monoisotopic (exact) mass is 375 g/mol. The van der Waals surface area contributed by atoms with Gasteiger partial charge >= 0.3 is 0 Å². The van der Waals surface area contributed by atoms with E-state index in [4.69, 9.17) is 0 Å². The first-order valence-corrected chi connectivity index (χ1v) is 8.04. The smallest absolute Gasteiger partial charge is 0.224 e. The molecule has 0 radical (unpaired) electrons. The zero-order chi connectivity index (χ0) is 13.5. The molecule has 100 valence electrons. The molecule has 0 bridgehead atoms. The highest BCUT2D eigenvalue weighted by molar-refractivity contribution is 9.10. The molecule has 1 atom stereocenters. The van der Waals surface area contributed by atoms with Crippen LogP contribution < -0.4 is 5.32 Å². The highest BCUT2D eigenvalue weighted by atomic mass is 79.9. The topological polar surface area (TPSA) is 29.1 Å². The number of hydrogen-bond donors (Lipinski definition) is 1. The van der Waals surface area contributed by atoms with Gasteiger partial charge in [0.05, 0.1) is 6.42 Å². The van der Waals surface area contributed by atoms with Crippen LogP contribution in [-0.4, -0.2) is 17.3 Å². The first-order valence-electron chi connectivity index (χ1n) is 6.12. The number of benzene rings is 1. The summed E-state index contributed by atoms with van der Waals surface area (Å²) in [6, 6.07) is 8.10. The maximum atomic E-state index is 12.0. The molecule has 1 unspecified atom stereocenters. The van der Waals surface area contributed by atoms with E-state index in [9.17, 15) is 4.79 Å². The fraction of sp³-hybridized carbons (Fsp3) is 0.500. The second-order valence-electron chi connectivity index (χ2n) is 4.70. The van der Waals surface area contributed by atoms with Gasteiger partial charge in [-0.25, -0.2) is 0 Å². The van der Waals surface area contributed by atoms with Crippen LogP contribution in [0.1, 0.15) is 25.8 Å². The molecule has 1 amide bonds. The average molecular weight is 377 g/mol. The number of carbonyl (C=O) groups excluding carboxylic acids is 1. The van der Waals surface area contributed by atoms with Gasteiger partial charge in [-0.1, -0.05) is 57.8 Å². The van der Waals surface area contributed by atoms with Crippen LogP contribution in [0.25, 0.3) is 0 Å². The van der Waals surface area contributed by atoms with Crippen molar-refractivity contribution in [1.82, 2.24) is 5.32 Å². The number of nitrogens with one attached hydrogen (secondary N) is 1. The van der Waals surface area contributed by atoms with E-state index < -0.39 is 0 Å². The van der Waals surface area contributed by atoms with Crippen LogP contribution in [-0.2, 0) is 11.2 Å². The summed E-state index contributed by atoms with van der Waals surface area (Å²) in [7, 11) is 0. The lowest BCUT2D eigenvalue weighted by atomic mass is 10.0. The quantitative estimate of drug-likeness (QED) is 0.749. The van der Waals surface area contributed by atoms with Crippen LogP contribution in [0.2, 0.25) is 0 Å². The Bertz CT molecular complexity index is 393. The van der Waals surface area contributed by atoms with Crippen molar-refractivity contribution in [3.8, 4) is 0 Å². The molecule has 2 nitrogen and oxygen atoms in total. The first kappa shape index (κ1) is 15.7. The van der Waals surface area contributed by atoms with Gasteiger partial charge in [0.25, 0.3) is 0 Å². The molecular formula is C14H19Br2NO. The van der Waals surface area contributed by atoms with Crippen molar-refractivity contribution in [3.05, 3.63) is 34.3 Å². The van der Waals surface area contributed by atoms with Gasteiger partial charge in [-0.3, -0.25) is 4.79 Å². The molecule has 0 saturated carbocycles. The maximum absolute atomic E-state index is 12.0. The molecule has 0 aliphatic carbocycles. The second kappa shape index (κ2) is 7.95. The predicted molar refractivity (Wildman–Crippen MR) is 83.0 cm³/mol. The van der Waals surface area contributed by atoms with Crippen LogP contribution in [0.4, 0.5) is 0 Å². The summed E-state index contributed by atoms with van der Waals surface area (Å²) in [6.07, 6.45) is 1.40. The Kier molecular flexibility index (Phi) is 6.94. The minimum Gasteiger partial charge on any atom is -0.353 e. The van der Waals surface area contributed by atoms with E-state index in [0.717, 1.165) is 21.8 Å². The van der Waals surface area contributed by atoms with Crippen LogP contribution in [0.5, 0.6) is 0 Å². The van der Waals surface area contributed by atoms with Crippen LogP contribution in [0.3, 0.4) is 0 Å². The number of amides is 1. The molecule has 1 aromatic carbocycles. The predicted octanol–water partition coefficient (Wildman–Crippen LogP) is 3.92. The molecule has 0 spiro atoms. The number of carbonyl (C=O) groups is 1. The molecule has 0 aromatic heterocycles. The molecular weight excluding hydrogens is 358 g/mol. The van der Waals surface area contributed by atoms with Crippen LogP contribution >= 0.6 is 31.9 Å². The van der Waals surface area contributed by atoms with E-state index in [1.165, 1.54) is 0 Å². The van der Waals surface area contributed by atoms with Gasteiger partial charge in [-0.2, -0.15) is 0 Å². The third-order valence-electron chi connectivity index (χ3n) is 2.82. The number of alkyl halides is 1. The molecule has 1 aromatic rings. The van der Waals surface area contributed by atoms with E-state index in [-0.39, 0.29) is 11.9 Å². The van der Waals surface area contributed by atoms with Gasteiger partial charge in [0, 0.05) is 15.8 Å². The minimum atomic E-state index is 0.0905. The Morgan fingerprint density at radius 2 is 2.11 bits per heavy atom. The molecule has 4 heteroatoms. The van der Waals surface area contributed by atoms with Gasteiger partial charge < -0.3 is 5.32 Å². The highest BCUT2D eigenvalue weighted by Gasteiger charge is 2.15. The van der Waals surface area contributed by atoms with Gasteiger partial charge in [0.2, 0.25) is 5.91 Å². The third kappa shape index (κ3) is 5.53. The molecule has 1 rings (SSSR count). The summed E-state index contributed by atoms with van der Waals surface area (Å²) in [5.41, 5.74) is 1.03. The number of rotatable bonds is 6. The zero-order valence-corrected chi connectivity index (χ0v) is 13.9. The van der Waals surface area contributed by atoms with Gasteiger partial charge in [-0.05, 0) is 30.0 Å². The summed E-state index contributed by atoms with van der Waals surface area (Å²) in [5.74, 6) is 0.543. The van der Waals surface area contributed by atoms with Crippen molar-refractivity contribution >= 4 is 37.8 Å². The summed E-state index contributed by atoms with van der Waals surface area (Å²) < 4.78 is 1.01. The lowest BCUT2D eigenvalue weighted by Crippen LogP contribution is -2.39. The van der Waals surface area contributed by atoms with E-state index in [0.29, 0.717) is 12.3 Å². The van der Waals surface area contributed by atoms with Gasteiger partial charge in [0.1, 0.15) is 0 Å². The van der Waals surface area contributed by atoms with E-state index >= 15 is 0 Å². The normalized spacial score (nSPS) is 12.5. The van der Waals surface area contributed by atoms with Crippen molar-refractivity contribution in [2.45, 2.75) is 32.7 Å². The summed E-state index contributed by atoms with van der Waals surface area (Å²) in [6.45, 7) is 4.26. The summed E-state index contributed by atoms with van der Waals surface area (Å²) in [4.78, 5) is 12.0. The average Bonchev–Trinajstić information content (AvgIpc) is 2.28. The molecule has 18 heavy (non-hydrogen) atoms. The highest BCUT2D eigenvalue weighted by Crippen LogP contribution is 2.13. The molecule has 0 fully saturated rings. The summed E-state index contributed by atoms with van der Waals surface area (Å²) in [5, 5.41) is 4.01. The van der Waals surface area contributed by atoms with Gasteiger partial charge in [0.15, 0.2) is 0 Å². The lowest BCUT2D eigenvalue weighted by molar-refractivity contribution is -0.121. The van der Waals surface area contributed by atoms with Crippen LogP contribution in [0, 0.1) is 5.92 Å². The Hall–Kier alpha value is -0.350. The van der Waals surface area contributed by atoms with Crippen molar-refractivity contribution < 1.29 is 4.79 Å². The molecule has 0 aliphatic rings. The fourth-order valence-corrected chi connectivity index (χ4v) is 2.72. The van der Waals surface area contributed by atoms with Crippen molar-refractivity contribution in [2.75, 3.05) is 5.33 Å². The number of halogens is 2. The summed E-state index contributed by atoms with van der Waals surface area (Å²) >= 11 is 6.84. The Labute approximate surface area is 126 Å². The largest absolute Gasteiger partial charge is 0.353 e. The minimum absolute atomic E-state index is 0.0905. The number of hydrogen-bond acceptors (Lipinski definition) is 1. The van der Waals surface area contributed by atoms with Crippen molar-refractivity contribution in [3.63, 3.8) is 0 Å². The molecule has 0 saturated heterocycles. The van der Waals surface area contributed by atoms with E-state index in [2.05, 4.69) is 51.0 Å². The van der Waals surface area contributed by atoms with E-state index in [1.54, 1.807) is 0 Å². The maximum Gasteiger partial charge on any atom is 0.224 e. The van der Waals surface area contributed by atoms with Crippen molar-refractivity contribution in [2.24, 2.45) is 5.92 Å². The molecule has 1 N–H and O–H groups in total. The second-order valence-corrected chi connectivity index (χ2v) is 6.41. The van der Waals surface area contributed by atoms with Crippen molar-refractivity contribution in [1.29, 1.82) is 0 Å². The fourth-order valence-electron chi connectivity index (χ4n) is 1.78. The van der Waals surface area contributed by atoms with Crippen LogP contribution in [0.15, 0.2) is 28.7 Å². The SMILES string of the molecule is CC(C)C(CCBr)NC(=O)Cc1cccc(Br)c1. The zero-order valence-electron chi connectivity index (χ0n) is 10.7. The first-order chi connectivity index (χ1) is 8.52. The standard InChI is InChI=1S/C14H19Br2NO/c1-10(2)13(6-7-15)17-14(18)9-11-4-3-5-12(16)8-11/h3-5,8,10,13H,6-7,9H2,1-2H3,(H,17,18). The third-order valence-corrected chi connectivity index (χ3v) is 3.78. The Morgan fingerprint density at radius 1 is 1.39 bits per heavy atom. The molecule has 0 aliphatic heterocycles.